The lowest BCUT2D eigenvalue weighted by Gasteiger charge is -2.04. The van der Waals surface area contributed by atoms with Gasteiger partial charge in [-0.2, -0.15) is 0 Å². The molecule has 2 aromatic rings. The van der Waals surface area contributed by atoms with E-state index in [1.165, 1.54) is 6.20 Å². The number of pyridine rings is 2. The quantitative estimate of drug-likeness (QED) is 0.751. The van der Waals surface area contributed by atoms with Crippen LogP contribution in [0.4, 0.5) is 0 Å². The number of halogens is 1. The van der Waals surface area contributed by atoms with Crippen LogP contribution in [0.1, 0.15) is 12.5 Å². The smallest absolute Gasteiger partial charge is 0.257 e. The highest BCUT2D eigenvalue weighted by Gasteiger charge is 2.06. The van der Waals surface area contributed by atoms with Gasteiger partial charge in [-0.1, -0.05) is 18.2 Å². The second-order valence-electron chi connectivity index (χ2n) is 3.36. The van der Waals surface area contributed by atoms with Crippen molar-refractivity contribution in [2.24, 2.45) is 0 Å². The van der Waals surface area contributed by atoms with E-state index in [2.05, 4.69) is 16.5 Å². The van der Waals surface area contributed by atoms with E-state index in [0.29, 0.717) is 10.5 Å². The van der Waals surface area contributed by atoms with Crippen LogP contribution in [0.25, 0.3) is 16.3 Å². The molecule has 1 N–H and O–H groups in total. The Morgan fingerprint density at radius 2 is 2.27 bits per heavy atom. The van der Waals surface area contributed by atoms with Crippen molar-refractivity contribution in [2.75, 3.05) is 0 Å². The van der Waals surface area contributed by atoms with Gasteiger partial charge in [-0.25, -0.2) is 4.98 Å². The molecule has 0 spiro atoms. The molecule has 0 radical (unpaired) electrons. The maximum absolute atomic E-state index is 11.5. The number of rotatable bonds is 1. The molecule has 0 amide bonds. The number of aromatic nitrogens is 2. The Balaban J connectivity index is 2.96. The van der Waals surface area contributed by atoms with Gasteiger partial charge in [-0.05, 0) is 18.6 Å². The van der Waals surface area contributed by atoms with Crippen LogP contribution < -0.4 is 5.56 Å². The van der Waals surface area contributed by atoms with Gasteiger partial charge in [0.2, 0.25) is 0 Å². The molecule has 3 nitrogen and oxygen atoms in total. The molecule has 0 saturated heterocycles. The number of hydrogen-bond donors (Lipinski definition) is 1. The molecule has 0 unspecified atom stereocenters. The summed E-state index contributed by atoms with van der Waals surface area (Å²) in [5.41, 5.74) is 1.59. The Kier molecular flexibility index (Phi) is 2.32. The van der Waals surface area contributed by atoms with Gasteiger partial charge in [0, 0.05) is 23.3 Å². The highest BCUT2D eigenvalue weighted by atomic mass is 35.5. The third-order valence-corrected chi connectivity index (χ3v) is 2.42. The average Bonchev–Trinajstić information content (AvgIpc) is 2.17. The minimum Gasteiger partial charge on any atom is -0.328 e. The molecule has 0 aliphatic carbocycles. The molecule has 0 aliphatic rings. The van der Waals surface area contributed by atoms with E-state index in [9.17, 15) is 4.79 Å². The van der Waals surface area contributed by atoms with Crippen molar-refractivity contribution in [3.8, 4) is 0 Å². The summed E-state index contributed by atoms with van der Waals surface area (Å²) in [4.78, 5) is 18.0. The largest absolute Gasteiger partial charge is 0.328 e. The molecule has 2 aromatic heterocycles. The number of nitrogens with one attached hydrogen (secondary N) is 1. The number of hydrogen-bond acceptors (Lipinski definition) is 2. The van der Waals surface area contributed by atoms with Crippen molar-refractivity contribution in [2.45, 2.75) is 6.92 Å². The van der Waals surface area contributed by atoms with Gasteiger partial charge in [-0.15, -0.1) is 0 Å². The molecule has 2 rings (SSSR count). The van der Waals surface area contributed by atoms with Gasteiger partial charge >= 0.3 is 0 Å². The summed E-state index contributed by atoms with van der Waals surface area (Å²) in [5, 5.41) is 1.68. The molecule has 0 aromatic carbocycles. The minimum absolute atomic E-state index is 0.167. The predicted octanol–water partition coefficient (Wildman–Crippen LogP) is 2.61. The van der Waals surface area contributed by atoms with Gasteiger partial charge in [-0.3, -0.25) is 4.79 Å². The molecular weight excluding hydrogens is 212 g/mol. The molecular formula is C11H9ClN2O. The fourth-order valence-corrected chi connectivity index (χ4v) is 1.64. The lowest BCUT2D eigenvalue weighted by molar-refractivity contribution is 1.24. The van der Waals surface area contributed by atoms with Crippen LogP contribution in [-0.2, 0) is 0 Å². The van der Waals surface area contributed by atoms with E-state index < -0.39 is 0 Å². The number of aromatic amines is 1. The third kappa shape index (κ3) is 1.66. The summed E-state index contributed by atoms with van der Waals surface area (Å²) in [5.74, 6) is 0. The number of allylic oxidation sites excluding steroid dienone is 1. The molecule has 0 bridgehead atoms. The fraction of sp³-hybridized carbons (Fsp3) is 0.0909. The monoisotopic (exact) mass is 220 g/mol. The SMILES string of the molecule is C=C(C)c1c[nH]c(=O)c2cnc(Cl)cc12. The summed E-state index contributed by atoms with van der Waals surface area (Å²) < 4.78 is 0. The zero-order chi connectivity index (χ0) is 11.0. The van der Waals surface area contributed by atoms with Gasteiger partial charge in [0.1, 0.15) is 5.15 Å². The van der Waals surface area contributed by atoms with Gasteiger partial charge in [0.15, 0.2) is 0 Å². The van der Waals surface area contributed by atoms with Crippen molar-refractivity contribution in [3.63, 3.8) is 0 Å². The van der Waals surface area contributed by atoms with E-state index in [0.717, 1.165) is 16.5 Å². The molecule has 0 aliphatic heterocycles. The Morgan fingerprint density at radius 1 is 1.53 bits per heavy atom. The summed E-state index contributed by atoms with van der Waals surface area (Å²) in [6, 6.07) is 1.68. The molecule has 4 heteroatoms. The van der Waals surface area contributed by atoms with E-state index in [1.54, 1.807) is 12.3 Å². The molecule has 0 atom stereocenters. The van der Waals surface area contributed by atoms with Crippen LogP contribution in [0.5, 0.6) is 0 Å². The van der Waals surface area contributed by atoms with Crippen molar-refractivity contribution < 1.29 is 0 Å². The zero-order valence-corrected chi connectivity index (χ0v) is 8.93. The number of fused-ring (bicyclic) bond motifs is 1. The number of nitrogens with zero attached hydrogens (tertiary/aromatic N) is 1. The minimum atomic E-state index is -0.167. The van der Waals surface area contributed by atoms with E-state index in [4.69, 9.17) is 11.6 Å². The van der Waals surface area contributed by atoms with Crippen molar-refractivity contribution in [1.29, 1.82) is 0 Å². The first-order valence-electron chi connectivity index (χ1n) is 4.42. The maximum Gasteiger partial charge on any atom is 0.257 e. The third-order valence-electron chi connectivity index (χ3n) is 2.21. The lowest BCUT2D eigenvalue weighted by atomic mass is 10.1. The first kappa shape index (κ1) is 9.93. The Hall–Kier alpha value is -1.61. The second-order valence-corrected chi connectivity index (χ2v) is 3.75. The van der Waals surface area contributed by atoms with E-state index in [-0.39, 0.29) is 5.56 Å². The summed E-state index contributed by atoms with van der Waals surface area (Å²) >= 11 is 5.79. The molecule has 15 heavy (non-hydrogen) atoms. The van der Waals surface area contributed by atoms with E-state index >= 15 is 0 Å². The summed E-state index contributed by atoms with van der Waals surface area (Å²) in [6.07, 6.45) is 3.12. The predicted molar refractivity (Wildman–Crippen MR) is 62.1 cm³/mol. The Morgan fingerprint density at radius 3 is 2.93 bits per heavy atom. The molecule has 0 fully saturated rings. The maximum atomic E-state index is 11.5. The highest BCUT2D eigenvalue weighted by Crippen LogP contribution is 2.22. The van der Waals surface area contributed by atoms with Crippen LogP contribution in [0.3, 0.4) is 0 Å². The topological polar surface area (TPSA) is 45.8 Å². The normalized spacial score (nSPS) is 10.5. The molecule has 76 valence electrons. The van der Waals surface area contributed by atoms with Gasteiger partial charge < -0.3 is 4.98 Å². The van der Waals surface area contributed by atoms with Gasteiger partial charge in [0.05, 0.1) is 5.39 Å². The Labute approximate surface area is 91.4 Å². The lowest BCUT2D eigenvalue weighted by Crippen LogP contribution is -2.07. The standard InChI is InChI=1S/C11H9ClN2O/c1-6(2)8-4-14-11(15)9-5-13-10(12)3-7(8)9/h3-5H,1H2,2H3,(H,14,15). The fourth-order valence-electron chi connectivity index (χ4n) is 1.48. The van der Waals surface area contributed by atoms with Crippen molar-refractivity contribution in [1.82, 2.24) is 9.97 Å². The van der Waals surface area contributed by atoms with Crippen LogP contribution in [0.2, 0.25) is 5.15 Å². The summed E-state index contributed by atoms with van der Waals surface area (Å²) in [6.45, 7) is 5.73. The second kappa shape index (κ2) is 3.51. The number of H-pyrrole nitrogens is 1. The van der Waals surface area contributed by atoms with Crippen LogP contribution in [0, 0.1) is 0 Å². The first-order valence-corrected chi connectivity index (χ1v) is 4.80. The van der Waals surface area contributed by atoms with Crippen LogP contribution in [0.15, 0.2) is 29.8 Å². The summed E-state index contributed by atoms with van der Waals surface area (Å²) in [7, 11) is 0. The van der Waals surface area contributed by atoms with Crippen molar-refractivity contribution in [3.05, 3.63) is 46.1 Å². The first-order chi connectivity index (χ1) is 7.09. The zero-order valence-electron chi connectivity index (χ0n) is 8.17. The average molecular weight is 221 g/mol. The molecule has 2 heterocycles. The van der Waals surface area contributed by atoms with Gasteiger partial charge in [0.25, 0.3) is 5.56 Å². The van der Waals surface area contributed by atoms with Crippen LogP contribution in [-0.4, -0.2) is 9.97 Å². The Bertz CT molecular complexity index is 601. The van der Waals surface area contributed by atoms with E-state index in [1.807, 2.05) is 6.92 Å². The van der Waals surface area contributed by atoms with Crippen LogP contribution >= 0.6 is 11.6 Å². The highest BCUT2D eigenvalue weighted by molar-refractivity contribution is 6.30. The molecule has 0 saturated carbocycles. The van der Waals surface area contributed by atoms with Crippen molar-refractivity contribution >= 4 is 27.9 Å².